The first-order chi connectivity index (χ1) is 8.43. The van der Waals surface area contributed by atoms with E-state index in [1.54, 1.807) is 7.11 Å². The number of hydrogen-bond donors (Lipinski definition) is 1. The van der Waals surface area contributed by atoms with Crippen LogP contribution in [0.2, 0.25) is 5.02 Å². The third kappa shape index (κ3) is 2.99. The molecule has 0 aliphatic carbocycles. The number of ether oxygens (including phenoxy) is 1. The minimum absolute atomic E-state index is 0.523. The summed E-state index contributed by atoms with van der Waals surface area (Å²) in [6, 6.07) is 0. The van der Waals surface area contributed by atoms with Crippen LogP contribution in [-0.4, -0.2) is 13.7 Å². The fraction of sp³-hybridized carbons (Fsp3) is 0.600. The Kier molecular flexibility index (Phi) is 5.48. The smallest absolute Gasteiger partial charge is 0.125 e. The maximum absolute atomic E-state index is 6.39. The van der Waals surface area contributed by atoms with Crippen molar-refractivity contribution in [3.63, 3.8) is 0 Å². The highest BCUT2D eigenvalue weighted by Crippen LogP contribution is 2.36. The van der Waals surface area contributed by atoms with E-state index in [0.717, 1.165) is 46.8 Å². The Labute approximate surface area is 115 Å². The summed E-state index contributed by atoms with van der Waals surface area (Å²) in [5.74, 6) is 1.51. The van der Waals surface area contributed by atoms with Gasteiger partial charge in [-0.15, -0.1) is 0 Å². The summed E-state index contributed by atoms with van der Waals surface area (Å²) in [4.78, 5) is 0. The zero-order chi connectivity index (χ0) is 13.9. The van der Waals surface area contributed by atoms with Crippen molar-refractivity contribution in [2.24, 2.45) is 11.7 Å². The van der Waals surface area contributed by atoms with Crippen LogP contribution in [0.5, 0.6) is 5.75 Å². The van der Waals surface area contributed by atoms with Gasteiger partial charge in [-0.2, -0.15) is 0 Å². The first-order valence-corrected chi connectivity index (χ1v) is 6.83. The summed E-state index contributed by atoms with van der Waals surface area (Å²) in [5, 5.41) is 0.865. The molecule has 0 saturated heterocycles. The Balaban J connectivity index is 3.16. The molecule has 0 amide bonds. The van der Waals surface area contributed by atoms with Gasteiger partial charge in [-0.05, 0) is 68.3 Å². The van der Waals surface area contributed by atoms with Crippen molar-refractivity contribution in [2.75, 3.05) is 13.7 Å². The van der Waals surface area contributed by atoms with Gasteiger partial charge in [0.25, 0.3) is 0 Å². The summed E-state index contributed by atoms with van der Waals surface area (Å²) in [7, 11) is 1.73. The van der Waals surface area contributed by atoms with Gasteiger partial charge >= 0.3 is 0 Å². The molecule has 0 aromatic heterocycles. The van der Waals surface area contributed by atoms with Crippen molar-refractivity contribution in [2.45, 2.75) is 40.5 Å². The van der Waals surface area contributed by atoms with Gasteiger partial charge in [-0.25, -0.2) is 0 Å². The minimum atomic E-state index is 0.523. The van der Waals surface area contributed by atoms with Crippen LogP contribution in [-0.2, 0) is 6.42 Å². The standard InChI is InChI=1S/C15H24ClNO/c1-9(8-17)6-7-13-12(4)14(16)10(2)11(3)15(13)18-5/h9H,6-8,17H2,1-5H3. The van der Waals surface area contributed by atoms with Crippen molar-refractivity contribution < 1.29 is 4.74 Å². The van der Waals surface area contributed by atoms with Crippen LogP contribution in [0, 0.1) is 26.7 Å². The van der Waals surface area contributed by atoms with E-state index in [4.69, 9.17) is 22.1 Å². The lowest BCUT2D eigenvalue weighted by Crippen LogP contribution is -2.12. The Hall–Kier alpha value is -0.730. The maximum Gasteiger partial charge on any atom is 0.125 e. The average Bonchev–Trinajstić information content (AvgIpc) is 2.38. The zero-order valence-electron chi connectivity index (χ0n) is 12.1. The lowest BCUT2D eigenvalue weighted by Gasteiger charge is -2.19. The highest BCUT2D eigenvalue weighted by atomic mass is 35.5. The maximum atomic E-state index is 6.39. The third-order valence-electron chi connectivity index (χ3n) is 3.78. The van der Waals surface area contributed by atoms with E-state index in [9.17, 15) is 0 Å². The Morgan fingerprint density at radius 3 is 2.28 bits per heavy atom. The second-order valence-corrected chi connectivity index (χ2v) is 5.46. The van der Waals surface area contributed by atoms with Gasteiger partial charge in [0.15, 0.2) is 0 Å². The van der Waals surface area contributed by atoms with Crippen molar-refractivity contribution >= 4 is 11.6 Å². The molecule has 0 radical (unpaired) electrons. The van der Waals surface area contributed by atoms with E-state index in [2.05, 4.69) is 20.8 Å². The molecule has 0 bridgehead atoms. The van der Waals surface area contributed by atoms with Crippen molar-refractivity contribution in [3.8, 4) is 5.75 Å². The molecular formula is C15H24ClNO. The number of nitrogens with two attached hydrogens (primary N) is 1. The molecule has 0 fully saturated rings. The van der Waals surface area contributed by atoms with Gasteiger partial charge in [0.2, 0.25) is 0 Å². The Bertz CT molecular complexity index is 429. The van der Waals surface area contributed by atoms with Crippen LogP contribution in [0.15, 0.2) is 0 Å². The molecule has 0 saturated carbocycles. The molecule has 2 nitrogen and oxygen atoms in total. The van der Waals surface area contributed by atoms with Crippen molar-refractivity contribution in [1.82, 2.24) is 0 Å². The van der Waals surface area contributed by atoms with Gasteiger partial charge in [0, 0.05) is 5.02 Å². The van der Waals surface area contributed by atoms with E-state index < -0.39 is 0 Å². The van der Waals surface area contributed by atoms with Crippen LogP contribution in [0.3, 0.4) is 0 Å². The molecule has 1 unspecified atom stereocenters. The quantitative estimate of drug-likeness (QED) is 0.882. The largest absolute Gasteiger partial charge is 0.496 e. The second-order valence-electron chi connectivity index (χ2n) is 5.08. The van der Waals surface area contributed by atoms with Gasteiger partial charge in [0.1, 0.15) is 5.75 Å². The SMILES string of the molecule is COc1c(C)c(C)c(Cl)c(C)c1CCC(C)CN. The molecule has 3 heteroatoms. The summed E-state index contributed by atoms with van der Waals surface area (Å²) < 4.78 is 5.57. The van der Waals surface area contributed by atoms with E-state index in [-0.39, 0.29) is 0 Å². The van der Waals surface area contributed by atoms with E-state index in [1.165, 1.54) is 5.56 Å². The summed E-state index contributed by atoms with van der Waals surface area (Å²) in [5.41, 5.74) is 10.3. The zero-order valence-corrected chi connectivity index (χ0v) is 12.8. The lowest BCUT2D eigenvalue weighted by molar-refractivity contribution is 0.403. The van der Waals surface area contributed by atoms with Crippen molar-refractivity contribution in [1.29, 1.82) is 0 Å². The molecule has 2 N–H and O–H groups in total. The molecule has 1 rings (SSSR count). The lowest BCUT2D eigenvalue weighted by atomic mass is 9.93. The molecule has 0 heterocycles. The van der Waals surface area contributed by atoms with Crippen LogP contribution < -0.4 is 10.5 Å². The number of halogens is 1. The molecule has 1 aromatic carbocycles. The fourth-order valence-electron chi connectivity index (χ4n) is 2.23. The van der Waals surface area contributed by atoms with Crippen molar-refractivity contribution in [3.05, 3.63) is 27.3 Å². The molecule has 1 aromatic rings. The normalized spacial score (nSPS) is 12.6. The Morgan fingerprint density at radius 2 is 1.78 bits per heavy atom. The van der Waals surface area contributed by atoms with Crippen LogP contribution in [0.4, 0.5) is 0 Å². The van der Waals surface area contributed by atoms with Crippen LogP contribution >= 0.6 is 11.6 Å². The molecular weight excluding hydrogens is 246 g/mol. The van der Waals surface area contributed by atoms with Crippen LogP contribution in [0.25, 0.3) is 0 Å². The summed E-state index contributed by atoms with van der Waals surface area (Å²) in [6.07, 6.45) is 2.03. The number of rotatable bonds is 5. The monoisotopic (exact) mass is 269 g/mol. The first kappa shape index (κ1) is 15.3. The third-order valence-corrected chi connectivity index (χ3v) is 4.35. The number of hydrogen-bond acceptors (Lipinski definition) is 2. The van der Waals surface area contributed by atoms with E-state index in [1.807, 2.05) is 6.92 Å². The topological polar surface area (TPSA) is 35.2 Å². The first-order valence-electron chi connectivity index (χ1n) is 6.46. The molecule has 0 aliphatic rings. The van der Waals surface area contributed by atoms with Gasteiger partial charge in [-0.3, -0.25) is 0 Å². The van der Waals surface area contributed by atoms with E-state index in [0.29, 0.717) is 5.92 Å². The molecule has 102 valence electrons. The van der Waals surface area contributed by atoms with Gasteiger partial charge in [-0.1, -0.05) is 18.5 Å². The number of methoxy groups -OCH3 is 1. The highest BCUT2D eigenvalue weighted by Gasteiger charge is 2.17. The van der Waals surface area contributed by atoms with E-state index >= 15 is 0 Å². The minimum Gasteiger partial charge on any atom is -0.496 e. The molecule has 0 aliphatic heterocycles. The van der Waals surface area contributed by atoms with Gasteiger partial charge < -0.3 is 10.5 Å². The number of benzene rings is 1. The predicted octanol–water partition coefficient (Wildman–Crippen LogP) is 3.80. The Morgan fingerprint density at radius 1 is 1.17 bits per heavy atom. The molecule has 1 atom stereocenters. The van der Waals surface area contributed by atoms with Crippen LogP contribution in [0.1, 0.15) is 35.6 Å². The average molecular weight is 270 g/mol. The summed E-state index contributed by atoms with van der Waals surface area (Å²) >= 11 is 6.39. The molecule has 0 spiro atoms. The second kappa shape index (κ2) is 6.44. The predicted molar refractivity (Wildman–Crippen MR) is 78.8 cm³/mol. The fourth-order valence-corrected chi connectivity index (χ4v) is 2.49. The van der Waals surface area contributed by atoms with Gasteiger partial charge in [0.05, 0.1) is 7.11 Å². The highest BCUT2D eigenvalue weighted by molar-refractivity contribution is 6.32. The summed E-state index contributed by atoms with van der Waals surface area (Å²) in [6.45, 7) is 9.07. The molecule has 18 heavy (non-hydrogen) atoms.